The van der Waals surface area contributed by atoms with Gasteiger partial charge in [-0.05, 0) is 29.2 Å². The van der Waals surface area contributed by atoms with Gasteiger partial charge in [0.1, 0.15) is 0 Å². The number of nitrogens with zero attached hydrogens (tertiary/aromatic N) is 1. The molecule has 0 atom stereocenters. The normalized spacial score (nSPS) is 10.6. The molecule has 0 aliphatic rings. The van der Waals surface area contributed by atoms with E-state index in [4.69, 9.17) is 0 Å². The van der Waals surface area contributed by atoms with E-state index in [2.05, 4.69) is 40.3 Å². The summed E-state index contributed by atoms with van der Waals surface area (Å²) in [5.74, 6) is 0. The Morgan fingerprint density at radius 1 is 1.14 bits per heavy atom. The first-order valence-electron chi connectivity index (χ1n) is 6.81. The molecular formula is C16H17BrN2O2. The van der Waals surface area contributed by atoms with E-state index in [-0.39, 0.29) is 10.6 Å². The molecule has 0 spiro atoms. The highest BCUT2D eigenvalue weighted by Crippen LogP contribution is 2.21. The Morgan fingerprint density at radius 3 is 2.52 bits per heavy atom. The second-order valence-electron chi connectivity index (χ2n) is 4.80. The highest BCUT2D eigenvalue weighted by atomic mass is 79.9. The fraction of sp³-hybridized carbons (Fsp3) is 0.250. The SMILES string of the molecule is CCc1ccccc1CNCc1cc(Br)cc([N+](=O)[O-])c1. The Balaban J connectivity index is 2.02. The predicted octanol–water partition coefficient (Wildman–Crippen LogP) is 4.21. The molecule has 21 heavy (non-hydrogen) atoms. The van der Waals surface area contributed by atoms with Crippen LogP contribution in [0.1, 0.15) is 23.6 Å². The largest absolute Gasteiger partial charge is 0.309 e. The average Bonchev–Trinajstić information content (AvgIpc) is 2.47. The average molecular weight is 349 g/mol. The number of non-ortho nitro benzene ring substituents is 1. The van der Waals surface area contributed by atoms with Crippen LogP contribution in [0.3, 0.4) is 0 Å². The van der Waals surface area contributed by atoms with Crippen LogP contribution in [0.25, 0.3) is 0 Å². The molecule has 0 saturated carbocycles. The van der Waals surface area contributed by atoms with E-state index in [0.717, 1.165) is 23.0 Å². The summed E-state index contributed by atoms with van der Waals surface area (Å²) in [7, 11) is 0. The smallest absolute Gasteiger partial charge is 0.270 e. The van der Waals surface area contributed by atoms with E-state index in [9.17, 15) is 10.1 Å². The van der Waals surface area contributed by atoms with Crippen molar-refractivity contribution in [2.45, 2.75) is 26.4 Å². The molecule has 0 aromatic heterocycles. The van der Waals surface area contributed by atoms with Gasteiger partial charge in [0.2, 0.25) is 0 Å². The number of nitrogens with one attached hydrogen (secondary N) is 1. The maximum Gasteiger partial charge on any atom is 0.270 e. The van der Waals surface area contributed by atoms with Crippen LogP contribution in [0, 0.1) is 10.1 Å². The fourth-order valence-electron chi connectivity index (χ4n) is 2.26. The standard InChI is InChI=1S/C16H17BrN2O2/c1-2-13-5-3-4-6-14(13)11-18-10-12-7-15(17)9-16(8-12)19(20)21/h3-9,18H,2,10-11H2,1H3. The van der Waals surface area contributed by atoms with Gasteiger partial charge in [0, 0.05) is 29.7 Å². The van der Waals surface area contributed by atoms with Gasteiger partial charge in [0.25, 0.3) is 5.69 Å². The van der Waals surface area contributed by atoms with Crippen LogP contribution in [0.4, 0.5) is 5.69 Å². The molecule has 0 bridgehead atoms. The number of benzene rings is 2. The summed E-state index contributed by atoms with van der Waals surface area (Å²) in [6.45, 7) is 3.49. The summed E-state index contributed by atoms with van der Waals surface area (Å²) >= 11 is 3.31. The van der Waals surface area contributed by atoms with Crippen molar-refractivity contribution in [2.24, 2.45) is 0 Å². The van der Waals surface area contributed by atoms with Gasteiger partial charge < -0.3 is 5.32 Å². The van der Waals surface area contributed by atoms with Gasteiger partial charge in [-0.1, -0.05) is 47.1 Å². The number of nitro benzene ring substituents is 1. The number of hydrogen-bond donors (Lipinski definition) is 1. The molecule has 0 aliphatic heterocycles. The fourth-order valence-corrected chi connectivity index (χ4v) is 2.79. The van der Waals surface area contributed by atoms with Crippen LogP contribution in [0.2, 0.25) is 0 Å². The summed E-state index contributed by atoms with van der Waals surface area (Å²) in [5.41, 5.74) is 3.59. The lowest BCUT2D eigenvalue weighted by Gasteiger charge is -2.09. The van der Waals surface area contributed by atoms with Crippen molar-refractivity contribution in [3.8, 4) is 0 Å². The molecule has 110 valence electrons. The molecule has 0 radical (unpaired) electrons. The zero-order chi connectivity index (χ0) is 15.2. The molecule has 2 aromatic rings. The molecule has 0 aliphatic carbocycles. The lowest BCUT2D eigenvalue weighted by atomic mass is 10.1. The third-order valence-corrected chi connectivity index (χ3v) is 3.75. The van der Waals surface area contributed by atoms with Crippen molar-refractivity contribution in [2.75, 3.05) is 0 Å². The van der Waals surface area contributed by atoms with E-state index >= 15 is 0 Å². The van der Waals surface area contributed by atoms with Crippen LogP contribution in [-0.2, 0) is 19.5 Å². The summed E-state index contributed by atoms with van der Waals surface area (Å²) in [6.07, 6.45) is 1.00. The number of halogens is 1. The minimum Gasteiger partial charge on any atom is -0.309 e. The van der Waals surface area contributed by atoms with Crippen LogP contribution in [0.15, 0.2) is 46.9 Å². The summed E-state index contributed by atoms with van der Waals surface area (Å²) in [5, 5.41) is 14.2. The van der Waals surface area contributed by atoms with Crippen molar-refractivity contribution in [1.82, 2.24) is 5.32 Å². The summed E-state index contributed by atoms with van der Waals surface area (Å²) in [6, 6.07) is 13.3. The first kappa shape index (κ1) is 15.7. The molecule has 5 heteroatoms. The zero-order valence-electron chi connectivity index (χ0n) is 11.8. The van der Waals surface area contributed by atoms with Gasteiger partial charge in [0.15, 0.2) is 0 Å². The highest BCUT2D eigenvalue weighted by molar-refractivity contribution is 9.10. The Labute approximate surface area is 132 Å². The highest BCUT2D eigenvalue weighted by Gasteiger charge is 2.08. The minimum absolute atomic E-state index is 0.107. The second kappa shape index (κ2) is 7.33. The number of rotatable bonds is 6. The van der Waals surface area contributed by atoms with Gasteiger partial charge in [-0.25, -0.2) is 0 Å². The van der Waals surface area contributed by atoms with E-state index in [1.165, 1.54) is 17.2 Å². The van der Waals surface area contributed by atoms with Crippen LogP contribution < -0.4 is 5.32 Å². The third-order valence-electron chi connectivity index (χ3n) is 3.30. The molecule has 0 unspecified atom stereocenters. The molecule has 0 fully saturated rings. The number of nitro groups is 1. The summed E-state index contributed by atoms with van der Waals surface area (Å²) in [4.78, 5) is 10.5. The predicted molar refractivity (Wildman–Crippen MR) is 87.2 cm³/mol. The maximum absolute atomic E-state index is 10.8. The molecule has 0 heterocycles. The Kier molecular flexibility index (Phi) is 5.47. The molecular weight excluding hydrogens is 332 g/mol. The monoisotopic (exact) mass is 348 g/mol. The topological polar surface area (TPSA) is 55.2 Å². The van der Waals surface area contributed by atoms with Crippen molar-refractivity contribution in [3.63, 3.8) is 0 Å². The van der Waals surface area contributed by atoms with Gasteiger partial charge in [-0.2, -0.15) is 0 Å². The van der Waals surface area contributed by atoms with Gasteiger partial charge in [-0.15, -0.1) is 0 Å². The Bertz CT molecular complexity index is 644. The first-order valence-corrected chi connectivity index (χ1v) is 7.61. The Hall–Kier alpha value is -1.72. The molecule has 2 aromatic carbocycles. The van der Waals surface area contributed by atoms with Gasteiger partial charge in [0.05, 0.1) is 4.92 Å². The van der Waals surface area contributed by atoms with Crippen molar-refractivity contribution in [3.05, 3.63) is 73.7 Å². The number of aryl methyl sites for hydroxylation is 1. The van der Waals surface area contributed by atoms with E-state index in [1.54, 1.807) is 6.07 Å². The molecule has 0 amide bonds. The second-order valence-corrected chi connectivity index (χ2v) is 5.72. The van der Waals surface area contributed by atoms with Crippen LogP contribution in [0.5, 0.6) is 0 Å². The van der Waals surface area contributed by atoms with Crippen molar-refractivity contribution in [1.29, 1.82) is 0 Å². The van der Waals surface area contributed by atoms with E-state index in [0.29, 0.717) is 6.54 Å². The Morgan fingerprint density at radius 2 is 1.86 bits per heavy atom. The number of hydrogen-bond acceptors (Lipinski definition) is 3. The van der Waals surface area contributed by atoms with Gasteiger partial charge >= 0.3 is 0 Å². The first-order chi connectivity index (χ1) is 10.1. The summed E-state index contributed by atoms with van der Waals surface area (Å²) < 4.78 is 0.724. The lowest BCUT2D eigenvalue weighted by Crippen LogP contribution is -2.14. The van der Waals surface area contributed by atoms with E-state index in [1.807, 2.05) is 18.2 Å². The zero-order valence-corrected chi connectivity index (χ0v) is 13.4. The molecule has 2 rings (SSSR count). The van der Waals surface area contributed by atoms with Gasteiger partial charge in [-0.3, -0.25) is 10.1 Å². The maximum atomic E-state index is 10.8. The molecule has 1 N–H and O–H groups in total. The third kappa shape index (κ3) is 4.37. The van der Waals surface area contributed by atoms with Crippen LogP contribution >= 0.6 is 15.9 Å². The van der Waals surface area contributed by atoms with Crippen molar-refractivity contribution >= 4 is 21.6 Å². The molecule has 0 saturated heterocycles. The van der Waals surface area contributed by atoms with E-state index < -0.39 is 0 Å². The van der Waals surface area contributed by atoms with Crippen molar-refractivity contribution < 1.29 is 4.92 Å². The molecule has 4 nitrogen and oxygen atoms in total. The lowest BCUT2D eigenvalue weighted by molar-refractivity contribution is -0.385. The van der Waals surface area contributed by atoms with Crippen LogP contribution in [-0.4, -0.2) is 4.92 Å². The minimum atomic E-state index is -0.374. The quantitative estimate of drug-likeness (QED) is 0.628.